The van der Waals surface area contributed by atoms with Crippen LogP contribution in [0, 0.1) is 17.8 Å². The molecular weight excluding hydrogens is 751 g/mol. The zero-order valence-corrected chi connectivity index (χ0v) is 40.4. The van der Waals surface area contributed by atoms with Crippen LogP contribution in [0.1, 0.15) is 246 Å². The summed E-state index contributed by atoms with van der Waals surface area (Å²) in [7, 11) is 2.15. The van der Waals surface area contributed by atoms with E-state index >= 15 is 0 Å². The van der Waals surface area contributed by atoms with Crippen LogP contribution in [0.2, 0.25) is 0 Å². The van der Waals surface area contributed by atoms with Crippen molar-refractivity contribution >= 4 is 17.9 Å². The van der Waals surface area contributed by atoms with E-state index in [0.717, 1.165) is 116 Å². The van der Waals surface area contributed by atoms with Crippen LogP contribution >= 0.6 is 0 Å². The van der Waals surface area contributed by atoms with E-state index in [1.54, 1.807) is 0 Å². The highest BCUT2D eigenvalue weighted by molar-refractivity contribution is 5.72. The fraction of sp³-hybridized carbons (Fsp3) is 0.942. The minimum absolute atomic E-state index is 0.0481. The third kappa shape index (κ3) is 33.9. The number of rotatable bonds is 43. The summed E-state index contributed by atoms with van der Waals surface area (Å²) in [6.07, 6.45) is 37.4. The van der Waals surface area contributed by atoms with Gasteiger partial charge in [0.05, 0.1) is 31.8 Å². The maximum atomic E-state index is 13.3. The van der Waals surface area contributed by atoms with Crippen LogP contribution in [0.25, 0.3) is 0 Å². The number of hydrogen-bond donors (Lipinski definition) is 0. The number of hydrogen-bond acceptors (Lipinski definition) is 8. The van der Waals surface area contributed by atoms with Gasteiger partial charge in [-0.25, -0.2) is 0 Å². The molecule has 60 heavy (non-hydrogen) atoms. The molecule has 1 heterocycles. The Balaban J connectivity index is 2.35. The molecule has 0 aromatic rings. The first-order valence-corrected chi connectivity index (χ1v) is 26.1. The van der Waals surface area contributed by atoms with E-state index in [9.17, 15) is 14.4 Å². The zero-order chi connectivity index (χ0) is 43.7. The maximum absolute atomic E-state index is 13.3. The van der Waals surface area contributed by atoms with Gasteiger partial charge in [0, 0.05) is 25.9 Å². The van der Waals surface area contributed by atoms with E-state index < -0.39 is 0 Å². The summed E-state index contributed by atoms with van der Waals surface area (Å²) in [5.74, 6) is 1.11. The number of carbonyl (C=O) groups is 3. The van der Waals surface area contributed by atoms with Gasteiger partial charge in [-0.1, -0.05) is 182 Å². The second-order valence-corrected chi connectivity index (χ2v) is 18.6. The molecule has 0 aromatic heterocycles. The molecule has 0 aliphatic carbocycles. The Bertz CT molecular complexity index is 907. The molecule has 0 radical (unpaired) electrons. The molecule has 0 saturated carbocycles. The molecular formula is C52H99NO7. The molecule has 0 unspecified atom stereocenters. The SMILES string of the molecule is CCCCCC(CCCCC)CCOC(=O)CCCCCCCC(CCCCCCCC(=O)OCCC(CCCCC)CCCCC)C(=O)OCCOC1CCN(C)CC1. The molecule has 0 amide bonds. The highest BCUT2D eigenvalue weighted by atomic mass is 16.6. The second-order valence-electron chi connectivity index (χ2n) is 18.6. The summed E-state index contributed by atoms with van der Waals surface area (Å²) in [5, 5.41) is 0. The molecule has 0 aromatic carbocycles. The molecule has 0 N–H and O–H groups in total. The summed E-state index contributed by atoms with van der Waals surface area (Å²) in [6, 6.07) is 0. The Morgan fingerprint density at radius 1 is 0.450 bits per heavy atom. The molecule has 8 heteroatoms. The largest absolute Gasteiger partial charge is 0.466 e. The summed E-state index contributed by atoms with van der Waals surface area (Å²) >= 11 is 0. The minimum Gasteiger partial charge on any atom is -0.466 e. The summed E-state index contributed by atoms with van der Waals surface area (Å²) < 4.78 is 23.1. The Morgan fingerprint density at radius 3 is 1.25 bits per heavy atom. The Kier molecular flexibility index (Phi) is 38.8. The van der Waals surface area contributed by atoms with Crippen molar-refractivity contribution < 1.29 is 33.3 Å². The number of likely N-dealkylation sites (tertiary alicyclic amines) is 1. The van der Waals surface area contributed by atoms with Crippen molar-refractivity contribution in [3.05, 3.63) is 0 Å². The van der Waals surface area contributed by atoms with Crippen LogP contribution < -0.4 is 0 Å². The van der Waals surface area contributed by atoms with Crippen molar-refractivity contribution in [2.45, 2.75) is 252 Å². The lowest BCUT2D eigenvalue weighted by atomic mass is 9.92. The Labute approximate surface area is 371 Å². The van der Waals surface area contributed by atoms with Gasteiger partial charge in [0.25, 0.3) is 0 Å². The van der Waals surface area contributed by atoms with Crippen molar-refractivity contribution in [2.75, 3.05) is 46.6 Å². The summed E-state index contributed by atoms with van der Waals surface area (Å²) in [4.78, 5) is 40.5. The van der Waals surface area contributed by atoms with E-state index in [1.165, 1.54) is 103 Å². The molecule has 1 aliphatic heterocycles. The van der Waals surface area contributed by atoms with Gasteiger partial charge in [-0.3, -0.25) is 14.4 Å². The van der Waals surface area contributed by atoms with Gasteiger partial charge in [0.15, 0.2) is 0 Å². The predicted octanol–water partition coefficient (Wildman–Crippen LogP) is 14.1. The highest BCUT2D eigenvalue weighted by Gasteiger charge is 2.21. The molecule has 1 fully saturated rings. The molecule has 1 rings (SSSR count). The van der Waals surface area contributed by atoms with Gasteiger partial charge in [-0.05, 0) is 70.3 Å². The van der Waals surface area contributed by atoms with E-state index in [-0.39, 0.29) is 29.9 Å². The first kappa shape index (κ1) is 56.3. The maximum Gasteiger partial charge on any atom is 0.309 e. The van der Waals surface area contributed by atoms with E-state index in [0.29, 0.717) is 51.1 Å². The van der Waals surface area contributed by atoms with Gasteiger partial charge in [-0.15, -0.1) is 0 Å². The van der Waals surface area contributed by atoms with Crippen LogP contribution in [-0.4, -0.2) is 75.5 Å². The molecule has 1 saturated heterocycles. The van der Waals surface area contributed by atoms with E-state index in [2.05, 4.69) is 39.6 Å². The average molecular weight is 850 g/mol. The Hall–Kier alpha value is -1.67. The quantitative estimate of drug-likeness (QED) is 0.0340. The van der Waals surface area contributed by atoms with Crippen LogP contribution in [0.4, 0.5) is 0 Å². The van der Waals surface area contributed by atoms with Crippen molar-refractivity contribution in [3.63, 3.8) is 0 Å². The fourth-order valence-electron chi connectivity index (χ4n) is 8.81. The van der Waals surface area contributed by atoms with Crippen molar-refractivity contribution in [2.24, 2.45) is 17.8 Å². The number of esters is 3. The topological polar surface area (TPSA) is 91.4 Å². The molecule has 0 bridgehead atoms. The molecule has 8 nitrogen and oxygen atoms in total. The third-order valence-corrected chi connectivity index (χ3v) is 13.0. The van der Waals surface area contributed by atoms with Crippen LogP contribution in [0.15, 0.2) is 0 Å². The number of ether oxygens (including phenoxy) is 4. The fourth-order valence-corrected chi connectivity index (χ4v) is 8.81. The lowest BCUT2D eigenvalue weighted by molar-refractivity contribution is -0.151. The van der Waals surface area contributed by atoms with Crippen LogP contribution in [-0.2, 0) is 33.3 Å². The number of unbranched alkanes of at least 4 members (excludes halogenated alkanes) is 16. The van der Waals surface area contributed by atoms with Gasteiger partial charge in [-0.2, -0.15) is 0 Å². The van der Waals surface area contributed by atoms with Crippen LogP contribution in [0.3, 0.4) is 0 Å². The van der Waals surface area contributed by atoms with E-state index in [1.807, 2.05) is 0 Å². The van der Waals surface area contributed by atoms with Gasteiger partial charge < -0.3 is 23.8 Å². The van der Waals surface area contributed by atoms with Crippen molar-refractivity contribution in [3.8, 4) is 0 Å². The summed E-state index contributed by atoms with van der Waals surface area (Å²) in [6.45, 7) is 13.1. The zero-order valence-electron chi connectivity index (χ0n) is 40.4. The normalized spacial score (nSPS) is 13.8. The van der Waals surface area contributed by atoms with Crippen molar-refractivity contribution in [1.82, 2.24) is 4.90 Å². The molecule has 1 aliphatic rings. The van der Waals surface area contributed by atoms with Gasteiger partial charge >= 0.3 is 17.9 Å². The Morgan fingerprint density at radius 2 is 0.833 bits per heavy atom. The smallest absolute Gasteiger partial charge is 0.309 e. The lowest BCUT2D eigenvalue weighted by Crippen LogP contribution is -2.34. The number of carbonyl (C=O) groups excluding carboxylic acids is 3. The molecule has 0 atom stereocenters. The first-order valence-electron chi connectivity index (χ1n) is 26.1. The molecule has 354 valence electrons. The van der Waals surface area contributed by atoms with Crippen LogP contribution in [0.5, 0.6) is 0 Å². The minimum atomic E-state index is -0.0844. The second kappa shape index (κ2) is 41.3. The van der Waals surface area contributed by atoms with Gasteiger partial charge in [0.1, 0.15) is 6.61 Å². The standard InChI is InChI=1S/C52H99NO7/c1-6-10-20-28-46(29-21-11-7-2)38-42-58-50(54)34-26-18-14-16-24-32-48(52(56)60-45-44-57-49-36-40-53(5)41-37-49)33-25-17-15-19-27-35-51(55)59-43-39-47(30-22-12-8-3)31-23-13-9-4/h46-49H,6-45H2,1-5H3. The molecule has 0 spiro atoms. The monoisotopic (exact) mass is 850 g/mol. The lowest BCUT2D eigenvalue weighted by Gasteiger charge is -2.28. The third-order valence-electron chi connectivity index (χ3n) is 13.0. The average Bonchev–Trinajstić information content (AvgIpc) is 3.24. The van der Waals surface area contributed by atoms with E-state index in [4.69, 9.17) is 18.9 Å². The predicted molar refractivity (Wildman–Crippen MR) is 250 cm³/mol. The highest BCUT2D eigenvalue weighted by Crippen LogP contribution is 2.24. The van der Waals surface area contributed by atoms with Crippen molar-refractivity contribution in [1.29, 1.82) is 0 Å². The summed E-state index contributed by atoms with van der Waals surface area (Å²) in [5.41, 5.74) is 0. The number of piperidine rings is 1. The number of nitrogens with zero attached hydrogens (tertiary/aromatic N) is 1. The first-order chi connectivity index (χ1) is 29.3. The van der Waals surface area contributed by atoms with Gasteiger partial charge in [0.2, 0.25) is 0 Å².